The number of nitrogen functional groups attached to an aromatic ring is 3. The van der Waals surface area contributed by atoms with Crippen molar-refractivity contribution < 1.29 is 66.2 Å². The number of hydrogen-bond donors (Lipinski definition) is 8. The summed E-state index contributed by atoms with van der Waals surface area (Å²) in [6.45, 7) is 10.7. The summed E-state index contributed by atoms with van der Waals surface area (Å²) in [6, 6.07) is 20.3. The lowest BCUT2D eigenvalue weighted by Gasteiger charge is -2.44. The van der Waals surface area contributed by atoms with E-state index < -0.39 is 106 Å². The van der Waals surface area contributed by atoms with Gasteiger partial charge in [-0.05, 0) is 28.3 Å². The topological polar surface area (TPSA) is 383 Å². The van der Waals surface area contributed by atoms with Gasteiger partial charge in [-0.25, -0.2) is 24.5 Å². The molecule has 3 aliphatic rings. The molecule has 6 aromatic heterocycles. The minimum Gasteiger partial charge on any atom is -0.442 e. The number of aliphatic hydroxyl groups excluding tert-OH is 3. The fourth-order valence-corrected chi connectivity index (χ4v) is 18.8. The Labute approximate surface area is 640 Å². The van der Waals surface area contributed by atoms with Crippen LogP contribution in [0.1, 0.15) is 201 Å². The van der Waals surface area contributed by atoms with Crippen molar-refractivity contribution in [2.24, 2.45) is 0 Å². The van der Waals surface area contributed by atoms with Crippen LogP contribution in [0.25, 0.3) is 33.5 Å². The standard InChI is InChI=1S/C28H30FN5O3Si.2C25H37FN6O4/c1-5-28(21(35)16-22(37-28)34-18-31-23-24(30)32-26(29)33-25(23)34)17-36-38(27(2,3)4,19-12-8-6-9-13-19)20-14-10-7-11-15-20;2*1-3-5-6-7-8-9-10-11-12-13-14-28-24(34)35-18-15-19(36-25(18,4-2)16-33)32-17-29-20-21(27)30-23(26)31-22(20)32/h1,6-15,18,21-22,35H,16-17H2,2-4H3,(H2,30,32,33);2*2,17-19,33H,3,5-16H2,1H3,(H,28,34)(H2,27,30,31)/t21-,22+,28+;2*18-,19+,25+/m000/s1. The number of imidazole rings is 3. The fourth-order valence-electron chi connectivity index (χ4n) is 14.2. The Morgan fingerprint density at radius 3 is 1.16 bits per heavy atom. The molecule has 3 fully saturated rings. The number of rotatable bonds is 34. The molecular formula is C78H104F3N17O11Si. The van der Waals surface area contributed by atoms with Crippen LogP contribution in [-0.2, 0) is 28.1 Å². The third-order valence-electron chi connectivity index (χ3n) is 20.3. The van der Waals surface area contributed by atoms with Gasteiger partial charge in [-0.1, -0.05) is 229 Å². The van der Waals surface area contributed by atoms with E-state index in [2.05, 4.69) is 132 Å². The number of carbonyl (C=O) groups excluding carboxylic acids is 2. The molecule has 0 bridgehead atoms. The normalized spacial score (nSPS) is 21.7. The Bertz CT molecular complexity index is 4240. The fraction of sp³-hybridized carbons (Fsp3) is 0.551. The van der Waals surface area contributed by atoms with Crippen LogP contribution in [0.4, 0.5) is 40.2 Å². The van der Waals surface area contributed by atoms with Crippen molar-refractivity contribution in [3.8, 4) is 37.0 Å². The van der Waals surface area contributed by atoms with Crippen LogP contribution in [0.15, 0.2) is 79.6 Å². The van der Waals surface area contributed by atoms with E-state index in [1.807, 2.05) is 36.4 Å². The Hall–Kier alpha value is -9.56. The van der Waals surface area contributed by atoms with E-state index in [1.54, 1.807) is 0 Å². The monoisotopic (exact) mass is 1540 g/mol. The number of terminal acetylenes is 3. The minimum atomic E-state index is -2.95. The number of carbonyl (C=O) groups is 2. The highest BCUT2D eigenvalue weighted by Gasteiger charge is 2.56. The van der Waals surface area contributed by atoms with Crippen LogP contribution in [0, 0.1) is 55.3 Å². The van der Waals surface area contributed by atoms with E-state index >= 15 is 0 Å². The van der Waals surface area contributed by atoms with Crippen LogP contribution in [0.5, 0.6) is 0 Å². The van der Waals surface area contributed by atoms with Crippen molar-refractivity contribution in [3.05, 3.63) is 97.9 Å². The van der Waals surface area contributed by atoms with Crippen molar-refractivity contribution in [1.82, 2.24) is 69.2 Å². The predicted molar refractivity (Wildman–Crippen MR) is 412 cm³/mol. The molecule has 9 heterocycles. The van der Waals surface area contributed by atoms with E-state index in [9.17, 15) is 38.1 Å². The molecule has 0 spiro atoms. The maximum atomic E-state index is 13.9. The molecule has 28 nitrogen and oxygen atoms in total. The first-order valence-electron chi connectivity index (χ1n) is 38.0. The molecule has 0 aliphatic carbocycles. The molecule has 32 heteroatoms. The average Bonchev–Trinajstić information content (AvgIpc) is 0.983. The molecule has 3 aliphatic heterocycles. The quantitative estimate of drug-likeness (QED) is 0.00804. The molecule has 2 aromatic carbocycles. The number of nitrogens with one attached hydrogen (secondary N) is 2. The first kappa shape index (κ1) is 84.5. The number of nitrogens with zero attached hydrogens (tertiary/aromatic N) is 12. The molecule has 3 saturated heterocycles. The van der Waals surface area contributed by atoms with E-state index in [-0.39, 0.29) is 81.9 Å². The largest absolute Gasteiger partial charge is 0.442 e. The van der Waals surface area contributed by atoms with Crippen LogP contribution in [0.3, 0.4) is 0 Å². The molecule has 110 heavy (non-hydrogen) atoms. The zero-order valence-corrected chi connectivity index (χ0v) is 64.3. The highest BCUT2D eigenvalue weighted by atomic mass is 28.4. The van der Waals surface area contributed by atoms with Crippen molar-refractivity contribution in [2.75, 3.05) is 50.1 Å². The first-order valence-corrected chi connectivity index (χ1v) is 39.9. The number of unbranched alkanes of at least 4 members (excludes halogenated alkanes) is 18. The summed E-state index contributed by atoms with van der Waals surface area (Å²) in [6.07, 6.45) is 36.3. The van der Waals surface area contributed by atoms with Gasteiger partial charge in [0.1, 0.15) is 24.8 Å². The van der Waals surface area contributed by atoms with E-state index in [4.69, 9.17) is 64.6 Å². The zero-order chi connectivity index (χ0) is 79.1. The van der Waals surface area contributed by atoms with Crippen LogP contribution in [-0.4, -0.2) is 162 Å². The summed E-state index contributed by atoms with van der Waals surface area (Å²) in [5.41, 5.74) is 13.7. The summed E-state index contributed by atoms with van der Waals surface area (Å²) in [4.78, 5) is 59.1. The number of anilines is 3. The number of benzene rings is 2. The molecule has 592 valence electrons. The molecule has 0 saturated carbocycles. The van der Waals surface area contributed by atoms with Gasteiger partial charge in [-0.3, -0.25) is 13.7 Å². The van der Waals surface area contributed by atoms with Gasteiger partial charge in [0.05, 0.1) is 38.8 Å². The second kappa shape index (κ2) is 39.4. The summed E-state index contributed by atoms with van der Waals surface area (Å²) >= 11 is 0. The van der Waals surface area contributed by atoms with Crippen molar-refractivity contribution in [3.63, 3.8) is 0 Å². The molecule has 0 unspecified atom stereocenters. The molecule has 9 atom stereocenters. The third kappa shape index (κ3) is 20.1. The lowest BCUT2D eigenvalue weighted by atomic mass is 9.98. The predicted octanol–water partition coefficient (Wildman–Crippen LogP) is 10.5. The van der Waals surface area contributed by atoms with Gasteiger partial charge in [0.25, 0.3) is 8.32 Å². The number of ether oxygens (including phenoxy) is 5. The van der Waals surface area contributed by atoms with Gasteiger partial charge in [0, 0.05) is 32.4 Å². The molecule has 0 radical (unpaired) electrons. The van der Waals surface area contributed by atoms with E-state index in [1.165, 1.54) is 123 Å². The van der Waals surface area contributed by atoms with Gasteiger partial charge in [0.2, 0.25) is 0 Å². The van der Waals surface area contributed by atoms with Crippen molar-refractivity contribution >= 4 is 81.8 Å². The maximum Gasteiger partial charge on any atom is 0.407 e. The SMILES string of the molecule is C#C[C@]1(CO)O[C@@H](n2cnc3c(N)nc(F)nc32)C[C@@H]1OC(=O)NCCCCCCCCCCCC.C#C[C@]1(CO)O[C@@H](n2cnc3c(N)nc(F)nc32)C[C@@H]1OC(=O)NCCCCCCCCCCCC.C#C[C@]1(CO[Si](c2ccccc2)(c2ccccc2)C(C)(C)C)O[C@@H](n2cnc3c(N)nc(F)nc32)C[C@@H]1O. The number of amides is 2. The van der Waals surface area contributed by atoms with Gasteiger partial charge in [-0.15, -0.1) is 19.3 Å². The number of halogens is 3. The molecule has 2 amide bonds. The summed E-state index contributed by atoms with van der Waals surface area (Å²) < 4.78 is 82.0. The second-order valence-corrected chi connectivity index (χ2v) is 33.2. The smallest absolute Gasteiger partial charge is 0.407 e. The Morgan fingerprint density at radius 1 is 0.527 bits per heavy atom. The summed E-state index contributed by atoms with van der Waals surface area (Å²) in [7, 11) is -2.95. The molecule has 8 aromatic rings. The Balaban J connectivity index is 0.000000190. The van der Waals surface area contributed by atoms with Crippen LogP contribution in [0.2, 0.25) is 5.04 Å². The average molecular weight is 1540 g/mol. The molecular weight excluding hydrogens is 1440 g/mol. The van der Waals surface area contributed by atoms with Gasteiger partial charge in [0.15, 0.2) is 80.0 Å². The lowest BCUT2D eigenvalue weighted by Crippen LogP contribution is -2.68. The number of hydrogen-bond acceptors (Lipinski definition) is 23. The van der Waals surface area contributed by atoms with E-state index in [0.717, 1.165) is 48.9 Å². The first-order chi connectivity index (χ1) is 53.0. The van der Waals surface area contributed by atoms with Crippen LogP contribution >= 0.6 is 0 Å². The summed E-state index contributed by atoms with van der Waals surface area (Å²) in [5, 5.41) is 38.6. The molecule has 11 rings (SSSR count). The Kier molecular flexibility index (Phi) is 30.2. The van der Waals surface area contributed by atoms with Gasteiger partial charge < -0.3 is 71.3 Å². The van der Waals surface area contributed by atoms with Gasteiger partial charge in [-0.2, -0.15) is 43.1 Å². The third-order valence-corrected chi connectivity index (χ3v) is 25.3. The summed E-state index contributed by atoms with van der Waals surface area (Å²) in [5.74, 6) is 7.20. The lowest BCUT2D eigenvalue weighted by molar-refractivity contribution is -0.0908. The number of alkyl carbamates (subject to hydrolysis) is 2. The minimum absolute atomic E-state index is 0.0490. The second-order valence-electron chi connectivity index (χ2n) is 28.9. The Morgan fingerprint density at radius 2 is 0.845 bits per heavy atom. The van der Waals surface area contributed by atoms with Crippen molar-refractivity contribution in [2.45, 2.75) is 241 Å². The molecule has 11 N–H and O–H groups in total. The zero-order valence-electron chi connectivity index (χ0n) is 63.3. The number of fused-ring (bicyclic) bond motifs is 3. The highest BCUT2D eigenvalue weighted by molar-refractivity contribution is 6.99. The number of aliphatic hydroxyl groups is 3. The number of aromatic nitrogens is 12. The van der Waals surface area contributed by atoms with Gasteiger partial charge >= 0.3 is 30.4 Å². The number of nitrogens with two attached hydrogens (primary N) is 3. The van der Waals surface area contributed by atoms with E-state index in [0.29, 0.717) is 13.1 Å². The van der Waals surface area contributed by atoms with Crippen LogP contribution < -0.4 is 38.2 Å². The highest BCUT2D eigenvalue weighted by Crippen LogP contribution is 2.44. The maximum absolute atomic E-state index is 13.9. The van der Waals surface area contributed by atoms with Crippen molar-refractivity contribution in [1.29, 1.82) is 0 Å².